The van der Waals surface area contributed by atoms with Crippen LogP contribution >= 0.6 is 22.6 Å². The van der Waals surface area contributed by atoms with Crippen molar-refractivity contribution in [2.45, 2.75) is 44.1 Å². The van der Waals surface area contributed by atoms with E-state index in [1.165, 1.54) is 25.7 Å². The van der Waals surface area contributed by atoms with Crippen LogP contribution in [0.4, 0.5) is 0 Å². The predicted molar refractivity (Wildman–Crippen MR) is 69.6 cm³/mol. The number of alkyl halides is 1. The fourth-order valence-corrected chi connectivity index (χ4v) is 3.11. The monoisotopic (exact) mass is 324 g/mol. The van der Waals surface area contributed by atoms with E-state index >= 15 is 0 Å². The molecule has 0 aromatic heterocycles. The smallest absolute Gasteiger partial charge is 0.0815 e. The molecule has 2 fully saturated rings. The molecule has 0 radical (unpaired) electrons. The molecule has 1 saturated heterocycles. The summed E-state index contributed by atoms with van der Waals surface area (Å²) in [5.74, 6) is 1.04. The molecule has 88 valence electrons. The van der Waals surface area contributed by atoms with Crippen molar-refractivity contribution < 1.29 is 9.47 Å². The second-order valence-electron chi connectivity index (χ2n) is 4.86. The van der Waals surface area contributed by atoms with Gasteiger partial charge < -0.3 is 9.47 Å². The average molecular weight is 324 g/mol. The molecule has 0 spiro atoms. The summed E-state index contributed by atoms with van der Waals surface area (Å²) in [5, 5.41) is 0. The summed E-state index contributed by atoms with van der Waals surface area (Å²) in [7, 11) is 0. The molecule has 0 amide bonds. The maximum atomic E-state index is 6.11. The summed E-state index contributed by atoms with van der Waals surface area (Å²) in [6, 6.07) is 0. The van der Waals surface area contributed by atoms with Gasteiger partial charge in [-0.3, -0.25) is 0 Å². The highest BCUT2D eigenvalue weighted by Crippen LogP contribution is 2.34. The van der Waals surface area contributed by atoms with E-state index in [-0.39, 0.29) is 5.60 Å². The maximum absolute atomic E-state index is 6.11. The van der Waals surface area contributed by atoms with Gasteiger partial charge in [0.1, 0.15) is 0 Å². The largest absolute Gasteiger partial charge is 0.381 e. The molecular formula is C12H21IO2. The van der Waals surface area contributed by atoms with E-state index in [0.717, 1.165) is 43.0 Å². The first kappa shape index (κ1) is 12.1. The molecular weight excluding hydrogens is 303 g/mol. The van der Waals surface area contributed by atoms with Crippen LogP contribution in [0.2, 0.25) is 0 Å². The molecule has 1 saturated carbocycles. The quantitative estimate of drug-likeness (QED) is 0.424. The molecule has 0 aromatic rings. The fraction of sp³-hybridized carbons (Fsp3) is 1.00. The molecule has 3 heteroatoms. The summed E-state index contributed by atoms with van der Waals surface area (Å²) >= 11 is 2.46. The third kappa shape index (κ3) is 3.86. The van der Waals surface area contributed by atoms with Crippen LogP contribution in [0.3, 0.4) is 0 Å². The SMILES string of the molecule is ICC1(OCCCC2CC2)CCOCC1. The highest BCUT2D eigenvalue weighted by Gasteiger charge is 2.32. The van der Waals surface area contributed by atoms with Gasteiger partial charge in [0.05, 0.1) is 5.60 Å². The molecule has 2 nitrogen and oxygen atoms in total. The second kappa shape index (κ2) is 5.82. The van der Waals surface area contributed by atoms with Crippen molar-refractivity contribution in [3.05, 3.63) is 0 Å². The molecule has 1 aliphatic carbocycles. The van der Waals surface area contributed by atoms with Gasteiger partial charge in [-0.2, -0.15) is 0 Å². The summed E-state index contributed by atoms with van der Waals surface area (Å²) in [6.45, 7) is 2.72. The number of hydrogen-bond acceptors (Lipinski definition) is 2. The van der Waals surface area contributed by atoms with Crippen LogP contribution in [0.1, 0.15) is 38.5 Å². The van der Waals surface area contributed by atoms with Crippen molar-refractivity contribution in [3.63, 3.8) is 0 Å². The van der Waals surface area contributed by atoms with Gasteiger partial charge in [-0.25, -0.2) is 0 Å². The molecule has 1 heterocycles. The Hall–Kier alpha value is 0.650. The third-order valence-corrected chi connectivity index (χ3v) is 4.90. The van der Waals surface area contributed by atoms with E-state index in [9.17, 15) is 0 Å². The molecule has 2 aliphatic rings. The molecule has 2 rings (SSSR count). The molecule has 1 aliphatic heterocycles. The normalized spacial score (nSPS) is 25.4. The Labute approximate surface area is 106 Å². The summed E-state index contributed by atoms with van der Waals surface area (Å²) in [5.41, 5.74) is 0.141. The van der Waals surface area contributed by atoms with E-state index < -0.39 is 0 Å². The van der Waals surface area contributed by atoms with E-state index in [1.54, 1.807) is 0 Å². The lowest BCUT2D eigenvalue weighted by atomic mass is 9.97. The number of hydrogen-bond donors (Lipinski definition) is 0. The van der Waals surface area contributed by atoms with E-state index in [2.05, 4.69) is 22.6 Å². The highest BCUT2D eigenvalue weighted by atomic mass is 127. The van der Waals surface area contributed by atoms with Gasteiger partial charge in [0.25, 0.3) is 0 Å². The standard InChI is InChI=1S/C12H21IO2/c13-10-12(5-8-14-9-6-12)15-7-1-2-11-3-4-11/h11H,1-10H2. The average Bonchev–Trinajstić information content (AvgIpc) is 3.10. The minimum absolute atomic E-state index is 0.141. The van der Waals surface area contributed by atoms with Crippen molar-refractivity contribution in [2.24, 2.45) is 5.92 Å². The molecule has 15 heavy (non-hydrogen) atoms. The summed E-state index contributed by atoms with van der Waals surface area (Å²) < 4.78 is 12.6. The number of ether oxygens (including phenoxy) is 2. The maximum Gasteiger partial charge on any atom is 0.0815 e. The number of rotatable bonds is 6. The van der Waals surface area contributed by atoms with Crippen LogP contribution in [-0.4, -0.2) is 29.8 Å². The first-order chi connectivity index (χ1) is 7.35. The van der Waals surface area contributed by atoms with Gasteiger partial charge in [0.2, 0.25) is 0 Å². The van der Waals surface area contributed by atoms with Crippen molar-refractivity contribution in [2.75, 3.05) is 24.2 Å². The van der Waals surface area contributed by atoms with Gasteiger partial charge in [-0.15, -0.1) is 0 Å². The Morgan fingerprint density at radius 2 is 2.00 bits per heavy atom. The Bertz CT molecular complexity index is 186. The topological polar surface area (TPSA) is 18.5 Å². The van der Waals surface area contributed by atoms with Gasteiger partial charge in [0, 0.05) is 37.1 Å². The zero-order chi connectivity index (χ0) is 10.6. The van der Waals surface area contributed by atoms with Crippen LogP contribution in [0.15, 0.2) is 0 Å². The Balaban J connectivity index is 1.64. The molecule has 0 atom stereocenters. The van der Waals surface area contributed by atoms with Crippen LogP contribution < -0.4 is 0 Å². The van der Waals surface area contributed by atoms with E-state index in [4.69, 9.17) is 9.47 Å². The first-order valence-corrected chi connectivity index (χ1v) is 7.65. The zero-order valence-electron chi connectivity index (χ0n) is 9.34. The third-order valence-electron chi connectivity index (χ3n) is 3.51. The minimum atomic E-state index is 0.141. The highest BCUT2D eigenvalue weighted by molar-refractivity contribution is 14.1. The first-order valence-electron chi connectivity index (χ1n) is 6.12. The molecule has 0 unspecified atom stereocenters. The van der Waals surface area contributed by atoms with Crippen molar-refractivity contribution in [3.8, 4) is 0 Å². The molecule has 0 bridgehead atoms. The van der Waals surface area contributed by atoms with Crippen LogP contribution in [0, 0.1) is 5.92 Å². The van der Waals surface area contributed by atoms with Gasteiger partial charge in [-0.1, -0.05) is 35.4 Å². The van der Waals surface area contributed by atoms with Crippen molar-refractivity contribution >= 4 is 22.6 Å². The summed E-state index contributed by atoms with van der Waals surface area (Å²) in [4.78, 5) is 0. The molecule has 0 N–H and O–H groups in total. The van der Waals surface area contributed by atoms with Crippen LogP contribution in [-0.2, 0) is 9.47 Å². The van der Waals surface area contributed by atoms with E-state index in [0.29, 0.717) is 0 Å². The second-order valence-corrected chi connectivity index (χ2v) is 5.63. The minimum Gasteiger partial charge on any atom is -0.381 e. The lowest BCUT2D eigenvalue weighted by Crippen LogP contribution is -2.41. The predicted octanol–water partition coefficient (Wildman–Crippen LogP) is 3.18. The summed E-state index contributed by atoms with van der Waals surface area (Å²) in [6.07, 6.45) is 7.73. The van der Waals surface area contributed by atoms with Crippen LogP contribution in [0.5, 0.6) is 0 Å². The van der Waals surface area contributed by atoms with Gasteiger partial charge in [0.15, 0.2) is 0 Å². The van der Waals surface area contributed by atoms with Crippen LogP contribution in [0.25, 0.3) is 0 Å². The van der Waals surface area contributed by atoms with Gasteiger partial charge >= 0.3 is 0 Å². The number of halogens is 1. The lowest BCUT2D eigenvalue weighted by Gasteiger charge is -2.35. The van der Waals surface area contributed by atoms with Gasteiger partial charge in [-0.05, 0) is 18.8 Å². The lowest BCUT2D eigenvalue weighted by molar-refractivity contribution is -0.0950. The van der Waals surface area contributed by atoms with Crippen molar-refractivity contribution in [1.82, 2.24) is 0 Å². The van der Waals surface area contributed by atoms with E-state index in [1.807, 2.05) is 0 Å². The Morgan fingerprint density at radius 3 is 2.60 bits per heavy atom. The Kier molecular flexibility index (Phi) is 4.70. The Morgan fingerprint density at radius 1 is 1.27 bits per heavy atom. The molecule has 0 aromatic carbocycles. The van der Waals surface area contributed by atoms with Crippen molar-refractivity contribution in [1.29, 1.82) is 0 Å². The fourth-order valence-electron chi connectivity index (χ4n) is 2.13. The zero-order valence-corrected chi connectivity index (χ0v) is 11.5.